The molecule has 2 saturated heterocycles. The van der Waals surface area contributed by atoms with Crippen LogP contribution < -0.4 is 10.1 Å². The van der Waals surface area contributed by atoms with Gasteiger partial charge in [0.15, 0.2) is 6.10 Å². The number of ether oxygens (including phenoxy) is 1. The van der Waals surface area contributed by atoms with Gasteiger partial charge in [0.25, 0.3) is 5.91 Å². The third-order valence-electron chi connectivity index (χ3n) is 4.88. The maximum Gasteiger partial charge on any atom is 0.263 e. The molecule has 0 bridgehead atoms. The van der Waals surface area contributed by atoms with Gasteiger partial charge in [-0.25, -0.2) is 0 Å². The van der Waals surface area contributed by atoms with E-state index < -0.39 is 6.10 Å². The van der Waals surface area contributed by atoms with Gasteiger partial charge < -0.3 is 15.0 Å². The third-order valence-corrected chi connectivity index (χ3v) is 5.41. The van der Waals surface area contributed by atoms with Gasteiger partial charge in [0, 0.05) is 18.1 Å². The van der Waals surface area contributed by atoms with Crippen molar-refractivity contribution in [3.05, 3.63) is 28.2 Å². The predicted octanol–water partition coefficient (Wildman–Crippen LogP) is 3.64. The molecule has 0 aliphatic carbocycles. The van der Waals surface area contributed by atoms with Crippen LogP contribution in [-0.2, 0) is 4.79 Å². The van der Waals surface area contributed by atoms with Crippen LogP contribution in [-0.4, -0.2) is 43.1 Å². The molecule has 0 saturated carbocycles. The summed E-state index contributed by atoms with van der Waals surface area (Å²) >= 11 is 12.0. The van der Waals surface area contributed by atoms with Crippen molar-refractivity contribution in [3.63, 3.8) is 0 Å². The van der Waals surface area contributed by atoms with Crippen LogP contribution in [0.3, 0.4) is 0 Å². The van der Waals surface area contributed by atoms with Crippen molar-refractivity contribution in [1.29, 1.82) is 0 Å². The number of benzene rings is 1. The molecular weight excluding hydrogens is 371 g/mol. The Morgan fingerprint density at radius 3 is 2.46 bits per heavy atom. The highest BCUT2D eigenvalue weighted by molar-refractivity contribution is 6.35. The summed E-state index contributed by atoms with van der Waals surface area (Å²) in [6, 6.07) is 5.03. The Kier molecular flexibility index (Phi) is 7.05. The molecule has 0 spiro atoms. The Bertz CT molecular complexity index is 571. The molecule has 0 aromatic heterocycles. The Morgan fingerprint density at radius 1 is 1.25 bits per heavy atom. The van der Waals surface area contributed by atoms with Crippen LogP contribution in [0.15, 0.2) is 18.2 Å². The smallest absolute Gasteiger partial charge is 0.263 e. The minimum atomic E-state index is -0.551. The largest absolute Gasteiger partial charge is 0.479 e. The van der Waals surface area contributed by atoms with Crippen molar-refractivity contribution < 1.29 is 9.53 Å². The number of rotatable bonds is 3. The van der Waals surface area contributed by atoms with E-state index in [4.69, 9.17) is 27.9 Å². The van der Waals surface area contributed by atoms with Crippen LogP contribution in [0, 0.1) is 11.8 Å². The lowest BCUT2D eigenvalue weighted by molar-refractivity contribution is -0.137. The molecule has 1 aromatic carbocycles. The fourth-order valence-electron chi connectivity index (χ4n) is 3.51. The summed E-state index contributed by atoms with van der Waals surface area (Å²) in [5.74, 6) is 1.93. The van der Waals surface area contributed by atoms with Gasteiger partial charge in [-0.3, -0.25) is 4.79 Å². The zero-order valence-electron chi connectivity index (χ0n) is 13.6. The summed E-state index contributed by atoms with van der Waals surface area (Å²) in [6.07, 6.45) is 1.58. The molecule has 2 fully saturated rings. The Hall–Kier alpha value is -0.680. The topological polar surface area (TPSA) is 41.6 Å². The number of nitrogens with zero attached hydrogens (tertiary/aromatic N) is 1. The normalized spacial score (nSPS) is 24.5. The van der Waals surface area contributed by atoms with Gasteiger partial charge in [-0.15, -0.1) is 12.4 Å². The van der Waals surface area contributed by atoms with Gasteiger partial charge in [-0.1, -0.05) is 23.2 Å². The summed E-state index contributed by atoms with van der Waals surface area (Å²) in [6.45, 7) is 5.56. The van der Waals surface area contributed by atoms with Crippen LogP contribution in [0.25, 0.3) is 0 Å². The standard InChI is InChI=1S/C17H22Cl2N2O2.ClH/c1-11(23-16-3-2-14(18)8-15(16)19)17(22)21-6-4-12-9-20-10-13(12)5-7-21;/h2-3,8,11-13,20H,4-7,9-10H2,1H3;1H/t11?,12-,13+;. The minimum absolute atomic E-state index is 0. The Balaban J connectivity index is 0.00000208. The van der Waals surface area contributed by atoms with Crippen molar-refractivity contribution in [3.8, 4) is 5.75 Å². The van der Waals surface area contributed by atoms with E-state index >= 15 is 0 Å². The van der Waals surface area contributed by atoms with Crippen molar-refractivity contribution in [2.45, 2.75) is 25.9 Å². The van der Waals surface area contributed by atoms with Gasteiger partial charge in [0.1, 0.15) is 5.75 Å². The molecule has 3 rings (SSSR count). The van der Waals surface area contributed by atoms with E-state index in [-0.39, 0.29) is 18.3 Å². The molecular formula is C17H23Cl3N2O2. The van der Waals surface area contributed by atoms with Crippen LogP contribution in [0.1, 0.15) is 19.8 Å². The summed E-state index contributed by atoms with van der Waals surface area (Å²) < 4.78 is 5.76. The van der Waals surface area contributed by atoms with E-state index in [1.807, 2.05) is 4.90 Å². The van der Waals surface area contributed by atoms with Crippen molar-refractivity contribution in [2.24, 2.45) is 11.8 Å². The number of halogens is 3. The van der Waals surface area contributed by atoms with Gasteiger partial charge >= 0.3 is 0 Å². The van der Waals surface area contributed by atoms with Crippen molar-refractivity contribution in [2.75, 3.05) is 26.2 Å². The van der Waals surface area contributed by atoms with Gasteiger partial charge in [0.05, 0.1) is 5.02 Å². The fraction of sp³-hybridized carbons (Fsp3) is 0.588. The highest BCUT2D eigenvalue weighted by atomic mass is 35.5. The van der Waals surface area contributed by atoms with E-state index in [1.54, 1.807) is 25.1 Å². The monoisotopic (exact) mass is 392 g/mol. The molecule has 2 heterocycles. The quantitative estimate of drug-likeness (QED) is 0.852. The van der Waals surface area contributed by atoms with Crippen LogP contribution in [0.5, 0.6) is 5.75 Å². The molecule has 2 aliphatic heterocycles. The number of likely N-dealkylation sites (tertiary alicyclic amines) is 1. The Morgan fingerprint density at radius 2 is 1.88 bits per heavy atom. The highest BCUT2D eigenvalue weighted by Gasteiger charge is 2.33. The number of fused-ring (bicyclic) bond motifs is 1. The first-order valence-electron chi connectivity index (χ1n) is 8.16. The molecule has 0 radical (unpaired) electrons. The second kappa shape index (κ2) is 8.61. The maximum absolute atomic E-state index is 12.7. The van der Waals surface area contributed by atoms with Crippen LogP contribution in [0.4, 0.5) is 0 Å². The van der Waals surface area contributed by atoms with Crippen molar-refractivity contribution >= 4 is 41.5 Å². The third kappa shape index (κ3) is 4.48. The highest BCUT2D eigenvalue weighted by Crippen LogP contribution is 2.30. The lowest BCUT2D eigenvalue weighted by Gasteiger charge is -2.25. The van der Waals surface area contributed by atoms with Gasteiger partial charge in [0.2, 0.25) is 0 Å². The van der Waals surface area contributed by atoms with Gasteiger partial charge in [-0.05, 0) is 62.9 Å². The van der Waals surface area contributed by atoms with Crippen molar-refractivity contribution in [1.82, 2.24) is 10.2 Å². The van der Waals surface area contributed by atoms with E-state index in [9.17, 15) is 4.79 Å². The maximum atomic E-state index is 12.7. The SMILES string of the molecule is CC(Oc1ccc(Cl)cc1Cl)C(=O)N1CC[C@@H]2CNC[C@@H]2CC1.Cl. The number of hydrogen-bond donors (Lipinski definition) is 1. The number of hydrogen-bond acceptors (Lipinski definition) is 3. The molecule has 1 unspecified atom stereocenters. The van der Waals surface area contributed by atoms with Crippen LogP contribution >= 0.6 is 35.6 Å². The molecule has 1 aromatic rings. The average molecular weight is 394 g/mol. The van der Waals surface area contributed by atoms with E-state index in [0.29, 0.717) is 27.6 Å². The summed E-state index contributed by atoms with van der Waals surface area (Å²) in [5.41, 5.74) is 0. The lowest BCUT2D eigenvalue weighted by Crippen LogP contribution is -2.41. The average Bonchev–Trinajstić information content (AvgIpc) is 2.88. The number of nitrogens with one attached hydrogen (secondary N) is 1. The summed E-state index contributed by atoms with van der Waals surface area (Å²) in [7, 11) is 0. The molecule has 7 heteroatoms. The lowest BCUT2D eigenvalue weighted by atomic mass is 9.92. The number of carbonyl (C=O) groups excluding carboxylic acids is 1. The van der Waals surface area contributed by atoms with E-state index in [2.05, 4.69) is 5.32 Å². The number of amides is 1. The molecule has 2 aliphatic rings. The molecule has 134 valence electrons. The predicted molar refractivity (Wildman–Crippen MR) is 99.5 cm³/mol. The second-order valence-electron chi connectivity index (χ2n) is 6.42. The zero-order valence-corrected chi connectivity index (χ0v) is 16.0. The fourth-order valence-corrected chi connectivity index (χ4v) is 3.96. The summed E-state index contributed by atoms with van der Waals surface area (Å²) in [5, 5.41) is 4.42. The number of carbonyl (C=O) groups is 1. The first-order valence-corrected chi connectivity index (χ1v) is 8.91. The van der Waals surface area contributed by atoms with Gasteiger partial charge in [-0.2, -0.15) is 0 Å². The van der Waals surface area contributed by atoms with E-state index in [0.717, 1.165) is 39.0 Å². The molecule has 1 N–H and O–H groups in total. The molecule has 3 atom stereocenters. The minimum Gasteiger partial charge on any atom is -0.479 e. The first-order chi connectivity index (χ1) is 11.0. The first kappa shape index (κ1) is 19.6. The van der Waals surface area contributed by atoms with E-state index in [1.165, 1.54) is 0 Å². The molecule has 1 amide bonds. The second-order valence-corrected chi connectivity index (χ2v) is 7.26. The van der Waals surface area contributed by atoms with Crippen LogP contribution in [0.2, 0.25) is 10.0 Å². The zero-order chi connectivity index (χ0) is 16.4. The molecule has 24 heavy (non-hydrogen) atoms. The molecule has 4 nitrogen and oxygen atoms in total. The Labute approximate surface area is 159 Å². The summed E-state index contributed by atoms with van der Waals surface area (Å²) in [4.78, 5) is 14.6.